The van der Waals surface area contributed by atoms with E-state index in [-0.39, 0.29) is 5.41 Å². The van der Waals surface area contributed by atoms with Gasteiger partial charge in [0.05, 0.1) is 5.41 Å². The van der Waals surface area contributed by atoms with Crippen LogP contribution in [0.15, 0.2) is 229 Å². The number of hydrogen-bond acceptors (Lipinski definition) is 2. The van der Waals surface area contributed by atoms with Gasteiger partial charge in [-0.2, -0.15) is 0 Å². The highest BCUT2D eigenvalue weighted by molar-refractivity contribution is 5.91. The number of hydrogen-bond donors (Lipinski definition) is 0. The molecular weight excluding hydrogens is 869 g/mol. The molecule has 0 N–H and O–H groups in total. The molecule has 8 aromatic carbocycles. The van der Waals surface area contributed by atoms with Crippen LogP contribution in [-0.2, 0) is 23.7 Å². The second kappa shape index (κ2) is 16.8. The van der Waals surface area contributed by atoms with Crippen LogP contribution in [0.4, 0.5) is 22.7 Å². The van der Waals surface area contributed by atoms with Crippen LogP contribution >= 0.6 is 0 Å². The van der Waals surface area contributed by atoms with Crippen molar-refractivity contribution in [3.05, 3.63) is 284 Å². The Kier molecular flexibility index (Phi) is 10.0. The number of fused-ring (bicyclic) bond motifs is 8. The first-order chi connectivity index (χ1) is 35.4. The van der Waals surface area contributed by atoms with Crippen molar-refractivity contribution in [2.45, 2.75) is 76.0 Å². The Labute approximate surface area is 425 Å². The quantitative estimate of drug-likeness (QED) is 0.153. The Morgan fingerprint density at radius 1 is 0.417 bits per heavy atom. The van der Waals surface area contributed by atoms with Gasteiger partial charge in [-0.05, 0) is 189 Å². The molecule has 0 aromatic heterocycles. The van der Waals surface area contributed by atoms with Crippen LogP contribution in [-0.4, -0.2) is 0 Å². The normalized spacial score (nSPS) is 17.6. The second-order valence-corrected chi connectivity index (χ2v) is 21.3. The molecule has 14 rings (SSSR count). The van der Waals surface area contributed by atoms with E-state index in [1.54, 1.807) is 5.57 Å². The van der Waals surface area contributed by atoms with E-state index in [4.69, 9.17) is 0 Å². The molecule has 0 radical (unpaired) electrons. The van der Waals surface area contributed by atoms with Gasteiger partial charge in [0.25, 0.3) is 0 Å². The van der Waals surface area contributed by atoms with E-state index < -0.39 is 5.41 Å². The van der Waals surface area contributed by atoms with Crippen LogP contribution < -0.4 is 9.80 Å². The predicted octanol–water partition coefficient (Wildman–Crippen LogP) is 17.9. The van der Waals surface area contributed by atoms with Crippen molar-refractivity contribution in [2.24, 2.45) is 0 Å². The molecule has 2 nitrogen and oxygen atoms in total. The Hall–Kier alpha value is -7.94. The van der Waals surface area contributed by atoms with E-state index in [9.17, 15) is 0 Å². The van der Waals surface area contributed by atoms with Crippen molar-refractivity contribution in [3.63, 3.8) is 0 Å². The van der Waals surface area contributed by atoms with E-state index >= 15 is 0 Å². The SMILES string of the molecule is CC1(C)c2cc(/C=C/c3ccc4c(c3)C(c3ccccc3)(c3ccccc3)c3cc(N5C6=C(CCC=C6)CCc6ccccc65)ccc3-4)ccc2-c2ccc(N3C4=C(C=CCC4)CCc4ccccc43)cc21. The van der Waals surface area contributed by atoms with Crippen molar-refractivity contribution in [1.29, 1.82) is 0 Å². The predicted molar refractivity (Wildman–Crippen MR) is 301 cm³/mol. The lowest BCUT2D eigenvalue weighted by atomic mass is 9.67. The van der Waals surface area contributed by atoms with Gasteiger partial charge < -0.3 is 9.80 Å². The van der Waals surface area contributed by atoms with E-state index in [1.807, 2.05) is 0 Å². The van der Waals surface area contributed by atoms with Crippen LogP contribution in [0.3, 0.4) is 0 Å². The third-order valence-electron chi connectivity index (χ3n) is 17.1. The van der Waals surface area contributed by atoms with Crippen LogP contribution in [0, 0.1) is 0 Å². The summed E-state index contributed by atoms with van der Waals surface area (Å²) in [6.45, 7) is 4.84. The Balaban J connectivity index is 0.855. The Morgan fingerprint density at radius 3 is 1.60 bits per heavy atom. The molecule has 2 aliphatic heterocycles. The van der Waals surface area contributed by atoms with Gasteiger partial charge in [0.1, 0.15) is 0 Å². The first-order valence-electron chi connectivity index (χ1n) is 26.4. The zero-order valence-corrected chi connectivity index (χ0v) is 41.3. The molecule has 348 valence electrons. The molecular formula is C70H58N2. The lowest BCUT2D eigenvalue weighted by Gasteiger charge is -2.35. The lowest BCUT2D eigenvalue weighted by molar-refractivity contribution is 0.660. The van der Waals surface area contributed by atoms with Crippen LogP contribution in [0.2, 0.25) is 0 Å². The van der Waals surface area contributed by atoms with Crippen molar-refractivity contribution in [2.75, 3.05) is 9.80 Å². The van der Waals surface area contributed by atoms with E-state index in [0.717, 1.165) is 51.4 Å². The number of nitrogens with zero attached hydrogens (tertiary/aromatic N) is 2. The van der Waals surface area contributed by atoms with E-state index in [1.165, 1.54) is 118 Å². The molecule has 8 aromatic rings. The third kappa shape index (κ3) is 6.61. The second-order valence-electron chi connectivity index (χ2n) is 21.3. The molecule has 0 bridgehead atoms. The minimum Gasteiger partial charge on any atom is -0.314 e. The first kappa shape index (κ1) is 42.9. The van der Waals surface area contributed by atoms with Crippen molar-refractivity contribution in [1.82, 2.24) is 0 Å². The molecule has 0 fully saturated rings. The third-order valence-corrected chi connectivity index (χ3v) is 17.1. The van der Waals surface area contributed by atoms with Gasteiger partial charge in [0.15, 0.2) is 0 Å². The Morgan fingerprint density at radius 2 is 0.917 bits per heavy atom. The monoisotopic (exact) mass is 926 g/mol. The maximum Gasteiger partial charge on any atom is 0.0714 e. The molecule has 4 aliphatic carbocycles. The molecule has 72 heavy (non-hydrogen) atoms. The maximum atomic E-state index is 2.59. The zero-order chi connectivity index (χ0) is 48.0. The average molecular weight is 927 g/mol. The number of benzene rings is 8. The van der Waals surface area contributed by atoms with Crippen LogP contribution in [0.25, 0.3) is 34.4 Å². The van der Waals surface area contributed by atoms with E-state index in [0.29, 0.717) is 0 Å². The lowest BCUT2D eigenvalue weighted by Crippen LogP contribution is -2.29. The van der Waals surface area contributed by atoms with Gasteiger partial charge in [0, 0.05) is 39.6 Å². The maximum absolute atomic E-state index is 2.59. The molecule has 0 unspecified atom stereocenters. The van der Waals surface area contributed by atoms with Gasteiger partial charge in [-0.15, -0.1) is 0 Å². The summed E-state index contributed by atoms with van der Waals surface area (Å²) < 4.78 is 0. The van der Waals surface area contributed by atoms with Gasteiger partial charge >= 0.3 is 0 Å². The molecule has 0 saturated heterocycles. The molecule has 2 heterocycles. The zero-order valence-electron chi connectivity index (χ0n) is 41.3. The van der Waals surface area contributed by atoms with Crippen LogP contribution in [0.1, 0.15) is 108 Å². The summed E-state index contributed by atoms with van der Waals surface area (Å²) in [5, 5.41) is 0. The van der Waals surface area contributed by atoms with Gasteiger partial charge in [0.2, 0.25) is 0 Å². The fourth-order valence-corrected chi connectivity index (χ4v) is 13.6. The molecule has 6 aliphatic rings. The number of anilines is 4. The summed E-state index contributed by atoms with van der Waals surface area (Å²) in [6.07, 6.45) is 22.9. The average Bonchev–Trinajstić information content (AvgIpc) is 3.66. The Bertz CT molecular complexity index is 3630. The van der Waals surface area contributed by atoms with Gasteiger partial charge in [-0.3, -0.25) is 0 Å². The summed E-state index contributed by atoms with van der Waals surface area (Å²) >= 11 is 0. The van der Waals surface area contributed by atoms with Gasteiger partial charge in [-0.1, -0.05) is 184 Å². The summed E-state index contributed by atoms with van der Waals surface area (Å²) in [7, 11) is 0. The fraction of sp³-hybridized carbons (Fsp3) is 0.171. The van der Waals surface area contributed by atoms with Crippen molar-refractivity contribution in [3.8, 4) is 22.3 Å². The summed E-state index contributed by atoms with van der Waals surface area (Å²) in [5.41, 5.74) is 28.8. The van der Waals surface area contributed by atoms with Crippen LogP contribution in [0.5, 0.6) is 0 Å². The van der Waals surface area contributed by atoms with E-state index in [2.05, 4.69) is 242 Å². The topological polar surface area (TPSA) is 6.48 Å². The highest BCUT2D eigenvalue weighted by Crippen LogP contribution is 2.58. The minimum atomic E-state index is -0.540. The first-order valence-corrected chi connectivity index (χ1v) is 26.4. The smallest absolute Gasteiger partial charge is 0.0714 e. The number of rotatable bonds is 6. The highest BCUT2D eigenvalue weighted by atomic mass is 15.2. The number of para-hydroxylation sites is 2. The minimum absolute atomic E-state index is 0.163. The number of aryl methyl sites for hydroxylation is 2. The molecule has 0 spiro atoms. The summed E-state index contributed by atoms with van der Waals surface area (Å²) in [6, 6.07) is 69.5. The molecule has 0 atom stereocenters. The van der Waals surface area contributed by atoms with Crippen molar-refractivity contribution >= 4 is 34.9 Å². The number of allylic oxidation sites excluding steroid dienone is 7. The largest absolute Gasteiger partial charge is 0.314 e. The summed E-state index contributed by atoms with van der Waals surface area (Å²) in [4.78, 5) is 5.15. The van der Waals surface area contributed by atoms with Gasteiger partial charge in [-0.25, -0.2) is 0 Å². The molecule has 0 saturated carbocycles. The fourth-order valence-electron chi connectivity index (χ4n) is 13.6. The summed E-state index contributed by atoms with van der Waals surface area (Å²) in [5.74, 6) is 0. The van der Waals surface area contributed by atoms with Crippen molar-refractivity contribution < 1.29 is 0 Å². The molecule has 0 amide bonds. The standard InChI is InChI=1S/C70H58N2/c1-69(2)61-43-47(31-39-57(61)58-41-37-55(45-62(58)69)71-65-25-13-9-17-49(65)33-34-50-18-10-14-26-66(50)71)29-30-48-32-40-59-60-42-38-56(72-67-27-15-11-19-51(67)35-36-52-20-12-16-28-68(52)72)46-64(60)70(63(59)44-48,53-21-5-3-6-22-53)54-23-7-4-8-24-54/h3-11,13,15-19,21-25,27-32,37-46H,12,14,20,26,33-36H2,1-2H3/b30-29+. The molecule has 2 heteroatoms. The highest BCUT2D eigenvalue weighted by Gasteiger charge is 2.47.